The van der Waals surface area contributed by atoms with Gasteiger partial charge in [-0.05, 0) is 18.8 Å². The lowest BCUT2D eigenvalue weighted by molar-refractivity contribution is -0.111. The second-order valence-corrected chi connectivity index (χ2v) is 4.81. The minimum Gasteiger partial charge on any atom is -0.492 e. The molecule has 0 aliphatic carbocycles. The number of ether oxygens (including phenoxy) is 2. The number of terminal acetylenes is 1. The van der Waals surface area contributed by atoms with Crippen molar-refractivity contribution < 1.29 is 24.2 Å². The fourth-order valence-electron chi connectivity index (χ4n) is 2.19. The molecule has 0 saturated carbocycles. The van der Waals surface area contributed by atoms with Crippen LogP contribution in [0.5, 0.6) is 11.5 Å². The summed E-state index contributed by atoms with van der Waals surface area (Å²) in [6.45, 7) is 4.31. The van der Waals surface area contributed by atoms with Crippen LogP contribution in [0.3, 0.4) is 0 Å². The summed E-state index contributed by atoms with van der Waals surface area (Å²) in [5, 5.41) is 11.9. The summed E-state index contributed by atoms with van der Waals surface area (Å²) >= 11 is 0. The number of hydrogen-bond acceptors (Lipinski definition) is 4. The second kappa shape index (κ2) is 8.69. The molecule has 0 aliphatic rings. The fraction of sp³-hybridized carbons (Fsp3) is 0.412. The third-order valence-electron chi connectivity index (χ3n) is 3.11. The van der Waals surface area contributed by atoms with Crippen LogP contribution in [0.15, 0.2) is 6.07 Å². The molecule has 0 saturated heterocycles. The van der Waals surface area contributed by atoms with Crippen molar-refractivity contribution in [1.82, 2.24) is 0 Å². The molecule has 0 fully saturated rings. The Balaban J connectivity index is 3.59. The summed E-state index contributed by atoms with van der Waals surface area (Å²) in [5.74, 6) is 0.781. The molecule has 2 N–H and O–H groups in total. The van der Waals surface area contributed by atoms with Crippen molar-refractivity contribution in [3.63, 3.8) is 0 Å². The summed E-state index contributed by atoms with van der Waals surface area (Å²) in [5.41, 5.74) is 0.636. The van der Waals surface area contributed by atoms with Crippen LogP contribution in [0.1, 0.15) is 42.6 Å². The average molecular weight is 319 g/mol. The second-order valence-electron chi connectivity index (χ2n) is 4.81. The number of carbonyl (C=O) groups is 2. The predicted molar refractivity (Wildman–Crippen MR) is 87.2 cm³/mol. The number of amides is 1. The summed E-state index contributed by atoms with van der Waals surface area (Å²) in [4.78, 5) is 23.1. The highest BCUT2D eigenvalue weighted by atomic mass is 16.5. The Morgan fingerprint density at radius 1 is 1.35 bits per heavy atom. The number of rotatable bonds is 8. The zero-order valence-electron chi connectivity index (χ0n) is 13.6. The lowest BCUT2D eigenvalue weighted by atomic mass is 10.0. The molecule has 0 aliphatic heterocycles. The molecule has 6 heteroatoms. The molecule has 1 aromatic carbocycles. The maximum Gasteiger partial charge on any atom is 0.337 e. The van der Waals surface area contributed by atoms with Crippen LogP contribution in [-0.2, 0) is 11.2 Å². The fourth-order valence-corrected chi connectivity index (χ4v) is 2.19. The van der Waals surface area contributed by atoms with Gasteiger partial charge in [-0.15, -0.1) is 6.42 Å². The molecule has 0 spiro atoms. The topological polar surface area (TPSA) is 84.9 Å². The van der Waals surface area contributed by atoms with Crippen LogP contribution in [0, 0.1) is 12.3 Å². The van der Waals surface area contributed by atoms with Gasteiger partial charge in [-0.2, -0.15) is 0 Å². The number of carbonyl (C=O) groups excluding carboxylic acids is 1. The van der Waals surface area contributed by atoms with Gasteiger partial charge in [-0.1, -0.05) is 20.3 Å². The molecule has 0 bridgehead atoms. The largest absolute Gasteiger partial charge is 0.492 e. The molecule has 23 heavy (non-hydrogen) atoms. The van der Waals surface area contributed by atoms with E-state index in [1.54, 1.807) is 0 Å². The van der Waals surface area contributed by atoms with Gasteiger partial charge in [0.15, 0.2) is 11.5 Å². The Kier molecular flexibility index (Phi) is 6.94. The van der Waals surface area contributed by atoms with Gasteiger partial charge in [-0.3, -0.25) is 4.79 Å². The van der Waals surface area contributed by atoms with Crippen molar-refractivity contribution in [3.05, 3.63) is 17.2 Å². The number of aromatic carboxylic acids is 1. The van der Waals surface area contributed by atoms with E-state index in [-0.39, 0.29) is 11.3 Å². The van der Waals surface area contributed by atoms with E-state index in [0.29, 0.717) is 30.1 Å². The Morgan fingerprint density at radius 3 is 2.52 bits per heavy atom. The van der Waals surface area contributed by atoms with E-state index in [0.717, 1.165) is 12.8 Å². The van der Waals surface area contributed by atoms with Crippen molar-refractivity contribution >= 4 is 17.6 Å². The van der Waals surface area contributed by atoms with Crippen molar-refractivity contribution in [1.29, 1.82) is 0 Å². The Labute approximate surface area is 135 Å². The molecule has 124 valence electrons. The number of hydrogen-bond donors (Lipinski definition) is 2. The highest BCUT2D eigenvalue weighted by Crippen LogP contribution is 2.40. The van der Waals surface area contributed by atoms with Crippen molar-refractivity contribution in [2.24, 2.45) is 0 Å². The van der Waals surface area contributed by atoms with E-state index >= 15 is 0 Å². The van der Waals surface area contributed by atoms with Gasteiger partial charge in [0.25, 0.3) is 5.91 Å². The van der Waals surface area contributed by atoms with E-state index in [4.69, 9.17) is 15.9 Å². The molecule has 1 rings (SSSR count). The maximum absolute atomic E-state index is 11.6. The number of nitrogens with one attached hydrogen (secondary N) is 1. The van der Waals surface area contributed by atoms with Crippen LogP contribution in [0.25, 0.3) is 0 Å². The number of anilines is 1. The summed E-state index contributed by atoms with van der Waals surface area (Å²) < 4.78 is 11.0. The predicted octanol–water partition coefficient (Wildman–Crippen LogP) is 2.71. The standard InChI is InChI=1S/C17H21NO5/c1-5-8-11-15(18-14(19)7-3)12(17(20)21)10-13(16(11)22-4)23-9-6-2/h3,10H,5-6,8-9H2,1-2,4H3,(H,18,19)(H,20,21). The molecular formula is C17H21NO5. The molecule has 1 amide bonds. The van der Waals surface area contributed by atoms with Gasteiger partial charge in [0.2, 0.25) is 0 Å². The first-order valence-corrected chi connectivity index (χ1v) is 7.37. The Morgan fingerprint density at radius 2 is 2.04 bits per heavy atom. The van der Waals surface area contributed by atoms with Gasteiger partial charge >= 0.3 is 5.97 Å². The average Bonchev–Trinajstić information content (AvgIpc) is 2.54. The van der Waals surface area contributed by atoms with Gasteiger partial charge < -0.3 is 19.9 Å². The van der Waals surface area contributed by atoms with Gasteiger partial charge in [0.1, 0.15) is 0 Å². The lowest BCUT2D eigenvalue weighted by Gasteiger charge is -2.19. The van der Waals surface area contributed by atoms with Crippen molar-refractivity contribution in [3.8, 4) is 23.8 Å². The molecule has 0 aromatic heterocycles. The number of methoxy groups -OCH3 is 1. The van der Waals surface area contributed by atoms with E-state index in [9.17, 15) is 14.7 Å². The Bertz CT molecular complexity index is 631. The van der Waals surface area contributed by atoms with Crippen LogP contribution in [0.4, 0.5) is 5.69 Å². The maximum atomic E-state index is 11.6. The van der Waals surface area contributed by atoms with Crippen LogP contribution in [-0.4, -0.2) is 30.7 Å². The molecule has 0 radical (unpaired) electrons. The number of carboxylic acid groups (broad SMARTS) is 1. The normalized spacial score (nSPS) is 9.83. The molecular weight excluding hydrogens is 298 g/mol. The first-order chi connectivity index (χ1) is 11.0. The zero-order chi connectivity index (χ0) is 17.4. The Hall–Kier alpha value is -2.68. The molecule has 1 aromatic rings. The minimum atomic E-state index is -1.18. The quantitative estimate of drug-likeness (QED) is 0.720. The number of carboxylic acids is 1. The van der Waals surface area contributed by atoms with E-state index < -0.39 is 11.9 Å². The van der Waals surface area contributed by atoms with Crippen LogP contribution < -0.4 is 14.8 Å². The molecule has 0 unspecified atom stereocenters. The first-order valence-electron chi connectivity index (χ1n) is 7.37. The van der Waals surface area contributed by atoms with E-state index in [1.807, 2.05) is 19.8 Å². The van der Waals surface area contributed by atoms with Crippen molar-refractivity contribution in [2.45, 2.75) is 33.1 Å². The van der Waals surface area contributed by atoms with Gasteiger partial charge in [0.05, 0.1) is 25.0 Å². The zero-order valence-corrected chi connectivity index (χ0v) is 13.6. The van der Waals surface area contributed by atoms with E-state index in [2.05, 4.69) is 5.32 Å². The lowest BCUT2D eigenvalue weighted by Crippen LogP contribution is -2.16. The summed E-state index contributed by atoms with van der Waals surface area (Å²) in [6.07, 6.45) is 7.07. The first kappa shape index (κ1) is 18.4. The van der Waals surface area contributed by atoms with Gasteiger partial charge in [-0.25, -0.2) is 4.79 Å². The smallest absolute Gasteiger partial charge is 0.337 e. The summed E-state index contributed by atoms with van der Waals surface area (Å²) in [6, 6.07) is 1.35. The molecule has 6 nitrogen and oxygen atoms in total. The van der Waals surface area contributed by atoms with Crippen LogP contribution >= 0.6 is 0 Å². The monoisotopic (exact) mass is 319 g/mol. The van der Waals surface area contributed by atoms with E-state index in [1.165, 1.54) is 13.2 Å². The SMILES string of the molecule is C#CC(=O)Nc1c(C(=O)O)cc(OCCC)c(OC)c1CCC. The summed E-state index contributed by atoms with van der Waals surface area (Å²) in [7, 11) is 1.47. The minimum absolute atomic E-state index is 0.0797. The highest BCUT2D eigenvalue weighted by Gasteiger charge is 2.24. The highest BCUT2D eigenvalue weighted by molar-refractivity contribution is 6.08. The van der Waals surface area contributed by atoms with Crippen LogP contribution in [0.2, 0.25) is 0 Å². The van der Waals surface area contributed by atoms with Crippen molar-refractivity contribution in [2.75, 3.05) is 19.0 Å². The third kappa shape index (κ3) is 4.39. The molecule has 0 atom stereocenters. The number of benzene rings is 1. The third-order valence-corrected chi connectivity index (χ3v) is 3.11. The van der Waals surface area contributed by atoms with Gasteiger partial charge in [0, 0.05) is 11.6 Å². The molecule has 0 heterocycles.